The van der Waals surface area contributed by atoms with Gasteiger partial charge >= 0.3 is 5.97 Å². The zero-order chi connectivity index (χ0) is 19.7. The lowest BCUT2D eigenvalue weighted by molar-refractivity contribution is -0.138. The molecule has 0 aliphatic carbocycles. The van der Waals surface area contributed by atoms with E-state index >= 15 is 0 Å². The van der Waals surface area contributed by atoms with Crippen LogP contribution in [0.15, 0.2) is 12.7 Å². The number of fused-ring (bicyclic) bond motifs is 1. The summed E-state index contributed by atoms with van der Waals surface area (Å²) in [6.45, 7) is 0. The minimum absolute atomic E-state index is 0.216. The van der Waals surface area contributed by atoms with Gasteiger partial charge in [0, 0.05) is 6.42 Å². The van der Waals surface area contributed by atoms with Gasteiger partial charge in [-0.2, -0.15) is 0 Å². The van der Waals surface area contributed by atoms with E-state index in [0.29, 0.717) is 29.1 Å². The smallest absolute Gasteiger partial charge is 0.320 e. The van der Waals surface area contributed by atoms with Crippen molar-refractivity contribution in [1.29, 1.82) is 0 Å². The second kappa shape index (κ2) is 7.94. The van der Waals surface area contributed by atoms with E-state index in [2.05, 4.69) is 15.0 Å². The van der Waals surface area contributed by atoms with Crippen molar-refractivity contribution in [2.45, 2.75) is 37.0 Å². The molecular weight excluding hydrogens is 376 g/mol. The minimum Gasteiger partial charge on any atom is -0.480 e. The Bertz CT molecular complexity index is 819. The third kappa shape index (κ3) is 3.99. The number of nitrogens with two attached hydrogens (primary N) is 2. The van der Waals surface area contributed by atoms with Crippen molar-refractivity contribution in [1.82, 2.24) is 19.5 Å². The van der Waals surface area contributed by atoms with Crippen molar-refractivity contribution in [3.05, 3.63) is 12.7 Å². The lowest BCUT2D eigenvalue weighted by Gasteiger charge is -2.16. The van der Waals surface area contributed by atoms with Crippen LogP contribution in [0.3, 0.4) is 0 Å². The number of aromatic nitrogens is 4. The highest BCUT2D eigenvalue weighted by Gasteiger charge is 2.46. The van der Waals surface area contributed by atoms with E-state index in [9.17, 15) is 15.0 Å². The fraction of sp³-hybridized carbons (Fsp3) is 0.600. The number of imidazole rings is 1. The Hall–Kier alpha value is -1.99. The second-order valence-corrected chi connectivity index (χ2v) is 8.82. The average molecular weight is 399 g/mol. The number of carboxylic acid groups (broad SMARTS) is 1. The normalized spacial score (nSPS) is 27.7. The standard InChI is InChI=1S/C15H22N6O5S/c1-27(3-2-7(16)15(24)25)4-8-10(22)11(23)14(26-8)21-6-20-9-12(17)18-5-19-13(9)21/h5-8,10-11,14,22-23H,2-4,16H2,1H3,(H2-,17,18,19,24,25)/p+1/t7-,8+,10?,11?,14+,27-/m0/s1. The van der Waals surface area contributed by atoms with Crippen LogP contribution in [0, 0.1) is 0 Å². The average Bonchev–Trinajstić information content (AvgIpc) is 3.17. The van der Waals surface area contributed by atoms with Gasteiger partial charge in [0.15, 0.2) is 17.7 Å². The number of carbonyl (C=O) groups is 1. The van der Waals surface area contributed by atoms with Crippen molar-refractivity contribution in [2.75, 3.05) is 23.5 Å². The van der Waals surface area contributed by atoms with Gasteiger partial charge in [-0.3, -0.25) is 9.36 Å². The molecule has 3 rings (SSSR count). The number of nitrogens with zero attached hydrogens (tertiary/aromatic N) is 4. The highest BCUT2D eigenvalue weighted by Crippen LogP contribution is 2.32. The molecule has 27 heavy (non-hydrogen) atoms. The number of hydrogen-bond acceptors (Lipinski definition) is 9. The maximum atomic E-state index is 10.8. The molecule has 0 aromatic carbocycles. The second-order valence-electron chi connectivity index (χ2n) is 6.51. The lowest BCUT2D eigenvalue weighted by atomic mass is 10.1. The Morgan fingerprint density at radius 2 is 2.11 bits per heavy atom. The summed E-state index contributed by atoms with van der Waals surface area (Å²) < 4.78 is 7.41. The zero-order valence-electron chi connectivity index (χ0n) is 14.7. The van der Waals surface area contributed by atoms with Crippen molar-refractivity contribution in [2.24, 2.45) is 5.73 Å². The monoisotopic (exact) mass is 399 g/mol. The molecule has 7 N–H and O–H groups in total. The Labute approximate surface area is 157 Å². The summed E-state index contributed by atoms with van der Waals surface area (Å²) in [5, 5.41) is 29.7. The Kier molecular flexibility index (Phi) is 5.81. The van der Waals surface area contributed by atoms with Gasteiger partial charge in [-0.1, -0.05) is 0 Å². The van der Waals surface area contributed by atoms with Crippen molar-refractivity contribution < 1.29 is 24.9 Å². The highest BCUT2D eigenvalue weighted by molar-refractivity contribution is 7.96. The molecule has 1 saturated heterocycles. The highest BCUT2D eigenvalue weighted by atomic mass is 32.2. The zero-order valence-corrected chi connectivity index (χ0v) is 15.5. The number of nitrogen functional groups attached to an aromatic ring is 1. The number of ether oxygens (including phenoxy) is 1. The first kappa shape index (κ1) is 19.8. The third-order valence-electron chi connectivity index (χ3n) is 4.54. The Balaban J connectivity index is 1.68. The van der Waals surface area contributed by atoms with Crippen LogP contribution < -0.4 is 11.5 Å². The maximum Gasteiger partial charge on any atom is 0.320 e. The summed E-state index contributed by atoms with van der Waals surface area (Å²) in [4.78, 5) is 23.0. The van der Waals surface area contributed by atoms with Crippen molar-refractivity contribution in [3.63, 3.8) is 0 Å². The third-order valence-corrected chi connectivity index (χ3v) is 6.37. The molecule has 1 fully saturated rings. The molecule has 11 nitrogen and oxygen atoms in total. The Morgan fingerprint density at radius 3 is 2.81 bits per heavy atom. The van der Waals surface area contributed by atoms with Gasteiger partial charge in [-0.15, -0.1) is 0 Å². The topological polar surface area (TPSA) is 183 Å². The van der Waals surface area contributed by atoms with E-state index in [4.69, 9.17) is 21.3 Å². The van der Waals surface area contributed by atoms with Crippen LogP contribution in [0.4, 0.5) is 5.82 Å². The van der Waals surface area contributed by atoms with E-state index in [1.807, 2.05) is 6.26 Å². The van der Waals surface area contributed by atoms with Gasteiger partial charge in [0.25, 0.3) is 0 Å². The predicted octanol–water partition coefficient (Wildman–Crippen LogP) is -1.92. The number of carboxylic acids is 1. The van der Waals surface area contributed by atoms with E-state index in [1.165, 1.54) is 17.2 Å². The lowest BCUT2D eigenvalue weighted by Crippen LogP contribution is -2.37. The van der Waals surface area contributed by atoms with Gasteiger partial charge in [0.2, 0.25) is 0 Å². The molecule has 0 bridgehead atoms. The summed E-state index contributed by atoms with van der Waals surface area (Å²) in [5.74, 6) is 0.254. The number of aliphatic hydroxyl groups is 2. The van der Waals surface area contributed by atoms with E-state index in [1.54, 1.807) is 0 Å². The van der Waals surface area contributed by atoms with Crippen LogP contribution >= 0.6 is 0 Å². The van der Waals surface area contributed by atoms with Crippen LogP contribution in [0.2, 0.25) is 0 Å². The molecule has 0 radical (unpaired) electrons. The number of aliphatic hydroxyl groups excluding tert-OH is 2. The van der Waals surface area contributed by atoms with Crippen molar-refractivity contribution >= 4 is 33.8 Å². The molecule has 0 amide bonds. The van der Waals surface area contributed by atoms with Crippen LogP contribution in [-0.2, 0) is 20.4 Å². The maximum absolute atomic E-state index is 10.8. The summed E-state index contributed by atoms with van der Waals surface area (Å²) in [6, 6.07) is -0.907. The summed E-state index contributed by atoms with van der Waals surface area (Å²) >= 11 is 0. The molecule has 1 aliphatic heterocycles. The van der Waals surface area contributed by atoms with Gasteiger partial charge < -0.3 is 31.5 Å². The molecule has 2 aromatic rings. The van der Waals surface area contributed by atoms with Gasteiger partial charge in [-0.05, 0) is 10.9 Å². The SMILES string of the molecule is C[S@@+](CC[C@H](N)C(=O)O)C[C@H]1O[C@@H](n2cnc3c(N)ncnc32)C(O)C1O. The molecule has 1 aliphatic rings. The molecule has 6 atom stereocenters. The minimum atomic E-state index is -1.16. The van der Waals surface area contributed by atoms with Gasteiger partial charge in [-0.25, -0.2) is 15.0 Å². The quantitative estimate of drug-likeness (QED) is 0.329. The molecule has 2 aromatic heterocycles. The fourth-order valence-corrected chi connectivity index (χ4v) is 4.63. The van der Waals surface area contributed by atoms with E-state index < -0.39 is 36.6 Å². The molecule has 148 valence electrons. The first-order valence-corrected chi connectivity index (χ1v) is 10.3. The van der Waals surface area contributed by atoms with Gasteiger partial charge in [0.05, 0.1) is 12.6 Å². The Morgan fingerprint density at radius 1 is 1.37 bits per heavy atom. The molecule has 3 heterocycles. The van der Waals surface area contributed by atoms with Crippen LogP contribution in [-0.4, -0.2) is 82.9 Å². The number of aliphatic carboxylic acids is 1. The predicted molar refractivity (Wildman–Crippen MR) is 98.9 cm³/mol. The van der Waals surface area contributed by atoms with Crippen LogP contribution in [0.1, 0.15) is 12.6 Å². The molecule has 2 unspecified atom stereocenters. The molecule has 12 heteroatoms. The summed E-state index contributed by atoms with van der Waals surface area (Å²) in [6.07, 6.45) is 1.31. The largest absolute Gasteiger partial charge is 0.480 e. The molecule has 0 spiro atoms. The molecule has 0 saturated carbocycles. The van der Waals surface area contributed by atoms with Crippen molar-refractivity contribution in [3.8, 4) is 0 Å². The first-order valence-electron chi connectivity index (χ1n) is 8.31. The summed E-state index contributed by atoms with van der Waals surface area (Å²) in [7, 11) is -0.235. The number of anilines is 1. The van der Waals surface area contributed by atoms with E-state index in [-0.39, 0.29) is 16.7 Å². The number of hydrogen-bond donors (Lipinski definition) is 5. The number of rotatable bonds is 7. The van der Waals surface area contributed by atoms with Crippen LogP contribution in [0.5, 0.6) is 0 Å². The van der Waals surface area contributed by atoms with Gasteiger partial charge in [0.1, 0.15) is 47.7 Å². The van der Waals surface area contributed by atoms with Crippen LogP contribution in [0.25, 0.3) is 11.2 Å². The fourth-order valence-electron chi connectivity index (χ4n) is 2.97. The summed E-state index contributed by atoms with van der Waals surface area (Å²) in [5.41, 5.74) is 12.1. The van der Waals surface area contributed by atoms with E-state index in [0.717, 1.165) is 0 Å². The first-order chi connectivity index (χ1) is 12.8. The molecular formula is C15H23N6O5S+.